The number of esters is 1. The zero-order valence-corrected chi connectivity index (χ0v) is 13.6. The van der Waals surface area contributed by atoms with E-state index in [9.17, 15) is 4.79 Å². The van der Waals surface area contributed by atoms with Crippen molar-refractivity contribution in [1.29, 1.82) is 0 Å². The van der Waals surface area contributed by atoms with E-state index in [1.165, 1.54) is 11.3 Å². The van der Waals surface area contributed by atoms with Gasteiger partial charge in [-0.3, -0.25) is 0 Å². The molecule has 3 rings (SSSR count). The highest BCUT2D eigenvalue weighted by molar-refractivity contribution is 7.16. The van der Waals surface area contributed by atoms with Crippen LogP contribution in [-0.2, 0) is 22.7 Å². The first-order valence-electron chi connectivity index (χ1n) is 7.44. The van der Waals surface area contributed by atoms with Crippen molar-refractivity contribution in [3.8, 4) is 0 Å². The van der Waals surface area contributed by atoms with Crippen LogP contribution in [0.15, 0.2) is 47.8 Å². The van der Waals surface area contributed by atoms with Crippen LogP contribution in [0, 0.1) is 0 Å². The lowest BCUT2D eigenvalue weighted by Gasteiger charge is -2.08. The summed E-state index contributed by atoms with van der Waals surface area (Å²) in [6.07, 6.45) is 0. The van der Waals surface area contributed by atoms with Crippen molar-refractivity contribution in [2.75, 3.05) is 6.61 Å². The highest BCUT2D eigenvalue weighted by Crippen LogP contribution is 2.24. The number of carbonyl (C=O) groups is 1. The lowest BCUT2D eigenvalue weighted by atomic mass is 10.1. The summed E-state index contributed by atoms with van der Waals surface area (Å²) in [4.78, 5) is 17.1. The fourth-order valence-electron chi connectivity index (χ4n) is 2.30. The van der Waals surface area contributed by atoms with Crippen LogP contribution in [0.2, 0.25) is 0 Å². The minimum atomic E-state index is -0.396. The van der Waals surface area contributed by atoms with E-state index >= 15 is 0 Å². The summed E-state index contributed by atoms with van der Waals surface area (Å²) in [5, 5.41) is 2.99. The summed E-state index contributed by atoms with van der Waals surface area (Å²) in [5.74, 6) is -0.396. The molecule has 4 nitrogen and oxygen atoms in total. The first kappa shape index (κ1) is 15.6. The fraction of sp³-hybridized carbons (Fsp3) is 0.222. The predicted molar refractivity (Wildman–Crippen MR) is 90.5 cm³/mol. The molecule has 0 unspecified atom stereocenters. The van der Waals surface area contributed by atoms with Crippen molar-refractivity contribution in [2.45, 2.75) is 20.1 Å². The molecule has 0 aliphatic heterocycles. The number of pyridine rings is 1. The van der Waals surface area contributed by atoms with Crippen LogP contribution in [0.3, 0.4) is 0 Å². The molecule has 2 heterocycles. The number of rotatable bonds is 6. The van der Waals surface area contributed by atoms with E-state index < -0.39 is 5.97 Å². The highest BCUT2D eigenvalue weighted by Gasteiger charge is 2.14. The van der Waals surface area contributed by atoms with Gasteiger partial charge in [-0.15, -0.1) is 11.3 Å². The molecule has 0 N–H and O–H groups in total. The summed E-state index contributed by atoms with van der Waals surface area (Å²) in [5.41, 5.74) is 2.41. The molecular weight excluding hydrogens is 310 g/mol. The number of hydrogen-bond acceptors (Lipinski definition) is 5. The molecule has 0 atom stereocenters. The third-order valence-corrected chi connectivity index (χ3v) is 4.18. The molecule has 2 aromatic heterocycles. The Hall–Kier alpha value is -2.24. The van der Waals surface area contributed by atoms with Crippen LogP contribution in [0.1, 0.15) is 28.5 Å². The van der Waals surface area contributed by atoms with Gasteiger partial charge in [0.1, 0.15) is 10.5 Å². The molecule has 3 aromatic rings. The molecule has 0 spiro atoms. The molecular formula is C18H17NO3S. The third kappa shape index (κ3) is 3.75. The molecule has 0 radical (unpaired) electrons. The highest BCUT2D eigenvalue weighted by atomic mass is 32.1. The number of nitrogens with zero attached hydrogens (tertiary/aromatic N) is 1. The molecule has 118 valence electrons. The minimum Gasteiger partial charge on any atom is -0.461 e. The first-order valence-corrected chi connectivity index (χ1v) is 8.32. The Kier molecular flexibility index (Phi) is 5.00. The van der Waals surface area contributed by atoms with Crippen LogP contribution in [0.25, 0.3) is 10.2 Å². The molecule has 5 heteroatoms. The van der Waals surface area contributed by atoms with Crippen molar-refractivity contribution >= 4 is 27.5 Å². The van der Waals surface area contributed by atoms with Gasteiger partial charge in [-0.2, -0.15) is 0 Å². The first-order chi connectivity index (χ1) is 11.3. The van der Waals surface area contributed by atoms with Crippen molar-refractivity contribution < 1.29 is 14.3 Å². The molecule has 0 aliphatic rings. The summed E-state index contributed by atoms with van der Waals surface area (Å²) in [6, 6.07) is 13.8. The number of ether oxygens (including phenoxy) is 2. The molecule has 0 saturated carbocycles. The van der Waals surface area contributed by atoms with Crippen molar-refractivity contribution in [2.24, 2.45) is 0 Å². The lowest BCUT2D eigenvalue weighted by molar-refractivity contribution is 0.0519. The van der Waals surface area contributed by atoms with Gasteiger partial charge in [0.05, 0.1) is 19.8 Å². The quantitative estimate of drug-likeness (QED) is 0.637. The molecule has 0 fully saturated rings. The zero-order valence-electron chi connectivity index (χ0n) is 12.8. The lowest BCUT2D eigenvalue weighted by Crippen LogP contribution is -2.08. The van der Waals surface area contributed by atoms with E-state index in [0.29, 0.717) is 25.5 Å². The number of thiophene rings is 1. The molecule has 0 aliphatic carbocycles. The van der Waals surface area contributed by atoms with Crippen LogP contribution < -0.4 is 0 Å². The summed E-state index contributed by atoms with van der Waals surface area (Å²) < 4.78 is 10.8. The third-order valence-electron chi connectivity index (χ3n) is 3.38. The van der Waals surface area contributed by atoms with Gasteiger partial charge in [0.2, 0.25) is 0 Å². The maximum Gasteiger partial charge on any atom is 0.356 e. The topological polar surface area (TPSA) is 48.4 Å². The van der Waals surface area contributed by atoms with E-state index in [0.717, 1.165) is 21.3 Å². The van der Waals surface area contributed by atoms with Crippen molar-refractivity contribution in [3.63, 3.8) is 0 Å². The van der Waals surface area contributed by atoms with Crippen LogP contribution >= 0.6 is 11.3 Å². The van der Waals surface area contributed by atoms with Crippen LogP contribution in [0.5, 0.6) is 0 Å². The Balaban J connectivity index is 1.78. The second kappa shape index (κ2) is 7.35. The van der Waals surface area contributed by atoms with Gasteiger partial charge in [0, 0.05) is 5.39 Å². The Morgan fingerprint density at radius 3 is 2.78 bits per heavy atom. The summed E-state index contributed by atoms with van der Waals surface area (Å²) in [7, 11) is 0. The van der Waals surface area contributed by atoms with Gasteiger partial charge >= 0.3 is 5.97 Å². The van der Waals surface area contributed by atoms with Gasteiger partial charge in [-0.25, -0.2) is 9.78 Å². The number of benzene rings is 1. The van der Waals surface area contributed by atoms with Gasteiger partial charge in [0.15, 0.2) is 0 Å². The fourth-order valence-corrected chi connectivity index (χ4v) is 3.11. The van der Waals surface area contributed by atoms with Crippen LogP contribution in [-0.4, -0.2) is 17.6 Å². The van der Waals surface area contributed by atoms with Crippen molar-refractivity contribution in [1.82, 2.24) is 4.98 Å². The average Bonchev–Trinajstić information content (AvgIpc) is 3.04. The SMILES string of the molecule is CCOC(=O)c1cc(COCc2ccccc2)c2ccsc2n1. The molecule has 23 heavy (non-hydrogen) atoms. The van der Waals surface area contributed by atoms with Gasteiger partial charge in [-0.1, -0.05) is 30.3 Å². The molecule has 0 saturated heterocycles. The molecule has 0 bridgehead atoms. The zero-order chi connectivity index (χ0) is 16.1. The van der Waals surface area contributed by atoms with Crippen molar-refractivity contribution in [3.05, 3.63) is 64.7 Å². The van der Waals surface area contributed by atoms with Gasteiger partial charge in [0.25, 0.3) is 0 Å². The largest absolute Gasteiger partial charge is 0.461 e. The van der Waals surface area contributed by atoms with E-state index in [1.54, 1.807) is 13.0 Å². The van der Waals surface area contributed by atoms with E-state index in [4.69, 9.17) is 9.47 Å². The monoisotopic (exact) mass is 327 g/mol. The Bertz CT molecular complexity index is 798. The average molecular weight is 327 g/mol. The predicted octanol–water partition coefficient (Wildman–Crippen LogP) is 4.19. The normalized spacial score (nSPS) is 10.8. The molecule has 1 aromatic carbocycles. The van der Waals surface area contributed by atoms with Gasteiger partial charge < -0.3 is 9.47 Å². The van der Waals surface area contributed by atoms with Gasteiger partial charge in [-0.05, 0) is 35.6 Å². The second-order valence-electron chi connectivity index (χ2n) is 5.00. The standard InChI is InChI=1S/C18H17NO3S/c1-2-22-18(20)16-10-14(15-8-9-23-17(15)19-16)12-21-11-13-6-4-3-5-7-13/h3-10H,2,11-12H2,1H3. The van der Waals surface area contributed by atoms with E-state index in [1.807, 2.05) is 41.8 Å². The Morgan fingerprint density at radius 2 is 2.00 bits per heavy atom. The number of hydrogen-bond donors (Lipinski definition) is 0. The van der Waals surface area contributed by atoms with E-state index in [-0.39, 0.29) is 0 Å². The number of aromatic nitrogens is 1. The number of carbonyl (C=O) groups excluding carboxylic acids is 1. The summed E-state index contributed by atoms with van der Waals surface area (Å²) in [6.45, 7) is 3.08. The van der Waals surface area contributed by atoms with E-state index in [2.05, 4.69) is 4.98 Å². The molecule has 0 amide bonds. The summed E-state index contributed by atoms with van der Waals surface area (Å²) >= 11 is 1.51. The minimum absolute atomic E-state index is 0.333. The smallest absolute Gasteiger partial charge is 0.356 e. The maximum atomic E-state index is 11.9. The Labute approximate surface area is 138 Å². The Morgan fingerprint density at radius 1 is 1.17 bits per heavy atom. The maximum absolute atomic E-state index is 11.9. The second-order valence-corrected chi connectivity index (χ2v) is 5.90. The van der Waals surface area contributed by atoms with Crippen LogP contribution in [0.4, 0.5) is 0 Å². The number of fused-ring (bicyclic) bond motifs is 1.